The Hall–Kier alpha value is -1.78. The first-order valence-electron chi connectivity index (χ1n) is 6.54. The summed E-state index contributed by atoms with van der Waals surface area (Å²) in [6.07, 6.45) is 8.06. The van der Waals surface area contributed by atoms with Crippen LogP contribution in [0.5, 0.6) is 0 Å². The molecular formula is C13H21N5. The highest BCUT2D eigenvalue weighted by atomic mass is 15.3. The molecule has 0 aliphatic heterocycles. The van der Waals surface area contributed by atoms with Gasteiger partial charge in [-0.15, -0.1) is 0 Å². The second-order valence-electron chi connectivity index (χ2n) is 4.45. The molecule has 0 aromatic carbocycles. The molecule has 0 atom stereocenters. The molecule has 0 unspecified atom stereocenters. The van der Waals surface area contributed by atoms with Crippen LogP contribution < -0.4 is 5.32 Å². The SMILES string of the molecule is CCCn1cc(C)nc1NCCCn1cccn1. The number of anilines is 1. The Morgan fingerprint density at radius 2 is 2.22 bits per heavy atom. The van der Waals surface area contributed by atoms with Gasteiger partial charge in [-0.25, -0.2) is 4.98 Å². The fourth-order valence-electron chi connectivity index (χ4n) is 1.97. The second kappa shape index (κ2) is 6.23. The number of nitrogens with one attached hydrogen (secondary N) is 1. The summed E-state index contributed by atoms with van der Waals surface area (Å²) in [5.74, 6) is 0.981. The molecule has 2 aromatic heterocycles. The molecule has 5 nitrogen and oxygen atoms in total. The minimum Gasteiger partial charge on any atom is -0.356 e. The summed E-state index contributed by atoms with van der Waals surface area (Å²) < 4.78 is 4.13. The summed E-state index contributed by atoms with van der Waals surface area (Å²) in [6, 6.07) is 1.95. The smallest absolute Gasteiger partial charge is 0.203 e. The van der Waals surface area contributed by atoms with Crippen molar-refractivity contribution in [3.05, 3.63) is 30.4 Å². The Morgan fingerprint density at radius 3 is 2.94 bits per heavy atom. The van der Waals surface area contributed by atoms with Crippen molar-refractivity contribution in [3.63, 3.8) is 0 Å². The molecule has 0 amide bonds. The van der Waals surface area contributed by atoms with Crippen molar-refractivity contribution in [2.75, 3.05) is 11.9 Å². The fourth-order valence-corrected chi connectivity index (χ4v) is 1.97. The van der Waals surface area contributed by atoms with Crippen LogP contribution in [0.15, 0.2) is 24.7 Å². The van der Waals surface area contributed by atoms with Crippen LogP contribution in [0.3, 0.4) is 0 Å². The van der Waals surface area contributed by atoms with Gasteiger partial charge in [0.15, 0.2) is 0 Å². The van der Waals surface area contributed by atoms with Crippen LogP contribution in [0.25, 0.3) is 0 Å². The van der Waals surface area contributed by atoms with E-state index in [1.807, 2.05) is 30.1 Å². The lowest BCUT2D eigenvalue weighted by Crippen LogP contribution is -2.11. The van der Waals surface area contributed by atoms with E-state index in [4.69, 9.17) is 0 Å². The largest absolute Gasteiger partial charge is 0.356 e. The lowest BCUT2D eigenvalue weighted by atomic mass is 10.4. The normalized spacial score (nSPS) is 10.8. The average molecular weight is 247 g/mol. The molecule has 18 heavy (non-hydrogen) atoms. The van der Waals surface area contributed by atoms with E-state index in [2.05, 4.69) is 33.1 Å². The highest BCUT2D eigenvalue weighted by Gasteiger charge is 2.03. The fraction of sp³-hybridized carbons (Fsp3) is 0.538. The third-order valence-electron chi connectivity index (χ3n) is 2.77. The zero-order chi connectivity index (χ0) is 12.8. The molecule has 0 spiro atoms. The Kier molecular flexibility index (Phi) is 4.39. The topological polar surface area (TPSA) is 47.7 Å². The van der Waals surface area contributed by atoms with Gasteiger partial charge in [-0.3, -0.25) is 4.68 Å². The van der Waals surface area contributed by atoms with Gasteiger partial charge in [-0.1, -0.05) is 6.92 Å². The molecule has 0 bridgehead atoms. The molecule has 98 valence electrons. The van der Waals surface area contributed by atoms with Gasteiger partial charge in [0.25, 0.3) is 0 Å². The van der Waals surface area contributed by atoms with Gasteiger partial charge in [0.1, 0.15) is 0 Å². The molecular weight excluding hydrogens is 226 g/mol. The molecule has 0 fully saturated rings. The first kappa shape index (κ1) is 12.7. The molecule has 0 aliphatic carbocycles. The van der Waals surface area contributed by atoms with Crippen molar-refractivity contribution in [1.82, 2.24) is 19.3 Å². The van der Waals surface area contributed by atoms with E-state index >= 15 is 0 Å². The van der Waals surface area contributed by atoms with Crippen LogP contribution in [0.1, 0.15) is 25.5 Å². The summed E-state index contributed by atoms with van der Waals surface area (Å²) in [4.78, 5) is 4.49. The number of nitrogens with zero attached hydrogens (tertiary/aromatic N) is 4. The summed E-state index contributed by atoms with van der Waals surface area (Å²) in [6.45, 7) is 7.08. The van der Waals surface area contributed by atoms with E-state index in [0.717, 1.165) is 44.1 Å². The first-order valence-corrected chi connectivity index (χ1v) is 6.54. The van der Waals surface area contributed by atoms with Crippen molar-refractivity contribution in [2.45, 2.75) is 39.8 Å². The molecule has 2 rings (SSSR count). The van der Waals surface area contributed by atoms with Gasteiger partial charge in [-0.2, -0.15) is 5.10 Å². The van der Waals surface area contributed by atoms with Gasteiger partial charge in [0.2, 0.25) is 5.95 Å². The number of hydrogen-bond acceptors (Lipinski definition) is 3. The monoisotopic (exact) mass is 247 g/mol. The van der Waals surface area contributed by atoms with Gasteiger partial charge < -0.3 is 9.88 Å². The average Bonchev–Trinajstić information content (AvgIpc) is 2.96. The van der Waals surface area contributed by atoms with Crippen molar-refractivity contribution < 1.29 is 0 Å². The predicted molar refractivity (Wildman–Crippen MR) is 72.6 cm³/mol. The van der Waals surface area contributed by atoms with Crippen LogP contribution in [0, 0.1) is 6.92 Å². The van der Waals surface area contributed by atoms with E-state index in [1.165, 1.54) is 0 Å². The highest BCUT2D eigenvalue weighted by molar-refractivity contribution is 5.28. The summed E-state index contributed by atoms with van der Waals surface area (Å²) in [7, 11) is 0. The van der Waals surface area contributed by atoms with E-state index in [1.54, 1.807) is 0 Å². The molecule has 2 heterocycles. The molecule has 5 heteroatoms. The van der Waals surface area contributed by atoms with Gasteiger partial charge in [-0.05, 0) is 25.8 Å². The lowest BCUT2D eigenvalue weighted by molar-refractivity contribution is 0.588. The lowest BCUT2D eigenvalue weighted by Gasteiger charge is -2.08. The highest BCUT2D eigenvalue weighted by Crippen LogP contribution is 2.09. The molecule has 2 aromatic rings. The van der Waals surface area contributed by atoms with Crippen molar-refractivity contribution in [2.24, 2.45) is 0 Å². The third-order valence-corrected chi connectivity index (χ3v) is 2.77. The Morgan fingerprint density at radius 1 is 1.33 bits per heavy atom. The number of rotatable bonds is 7. The van der Waals surface area contributed by atoms with Crippen LogP contribution >= 0.6 is 0 Å². The minimum atomic E-state index is 0.917. The Labute approximate surface area is 108 Å². The van der Waals surface area contributed by atoms with Crippen LogP contribution in [-0.2, 0) is 13.1 Å². The summed E-state index contributed by atoms with van der Waals surface area (Å²) in [5, 5.41) is 7.57. The van der Waals surface area contributed by atoms with Crippen molar-refractivity contribution in [1.29, 1.82) is 0 Å². The first-order chi connectivity index (χ1) is 8.79. The number of aryl methyl sites for hydroxylation is 3. The van der Waals surface area contributed by atoms with E-state index in [0.29, 0.717) is 0 Å². The quantitative estimate of drug-likeness (QED) is 0.764. The Bertz CT molecular complexity index is 458. The number of aromatic nitrogens is 4. The number of hydrogen-bond donors (Lipinski definition) is 1. The van der Waals surface area contributed by atoms with Crippen molar-refractivity contribution in [3.8, 4) is 0 Å². The van der Waals surface area contributed by atoms with Crippen LogP contribution in [0.2, 0.25) is 0 Å². The minimum absolute atomic E-state index is 0.917. The molecule has 1 N–H and O–H groups in total. The third kappa shape index (κ3) is 3.35. The molecule has 0 saturated carbocycles. The summed E-state index contributed by atoms with van der Waals surface area (Å²) in [5.41, 5.74) is 1.07. The maximum atomic E-state index is 4.49. The zero-order valence-corrected chi connectivity index (χ0v) is 11.1. The zero-order valence-electron chi connectivity index (χ0n) is 11.1. The molecule has 0 radical (unpaired) electrons. The molecule has 0 saturated heterocycles. The van der Waals surface area contributed by atoms with Crippen LogP contribution in [0.4, 0.5) is 5.95 Å². The Balaban J connectivity index is 1.79. The molecule has 0 aliphatic rings. The predicted octanol–water partition coefficient (Wildman–Crippen LogP) is 2.30. The van der Waals surface area contributed by atoms with Gasteiger partial charge >= 0.3 is 0 Å². The standard InChI is InChI=1S/C13H21N5/c1-3-8-17-11-12(2)16-13(17)14-6-4-9-18-10-5-7-15-18/h5,7,10-11H,3-4,6,8-9H2,1-2H3,(H,14,16). The maximum absolute atomic E-state index is 4.49. The summed E-state index contributed by atoms with van der Waals surface area (Å²) >= 11 is 0. The number of imidazole rings is 1. The second-order valence-corrected chi connectivity index (χ2v) is 4.45. The van der Waals surface area contributed by atoms with Gasteiger partial charge in [0, 0.05) is 38.2 Å². The van der Waals surface area contributed by atoms with Crippen LogP contribution in [-0.4, -0.2) is 25.9 Å². The van der Waals surface area contributed by atoms with E-state index in [9.17, 15) is 0 Å². The maximum Gasteiger partial charge on any atom is 0.203 e. The van der Waals surface area contributed by atoms with Gasteiger partial charge in [0.05, 0.1) is 5.69 Å². The van der Waals surface area contributed by atoms with E-state index < -0.39 is 0 Å². The van der Waals surface area contributed by atoms with E-state index in [-0.39, 0.29) is 0 Å². The van der Waals surface area contributed by atoms with Crippen molar-refractivity contribution >= 4 is 5.95 Å².